The number of halogens is 9. The second-order valence-corrected chi connectivity index (χ2v) is 8.41. The maximum atomic E-state index is 13.3. The summed E-state index contributed by atoms with van der Waals surface area (Å²) in [6.07, 6.45) is -16.6. The zero-order valence-corrected chi connectivity index (χ0v) is 17.9. The lowest BCUT2D eigenvalue weighted by molar-refractivity contribution is -0.376. The lowest BCUT2D eigenvalue weighted by atomic mass is 9.90. The number of pyridine rings is 1. The SMILES string of the molecule is CC1Cc2cc(C(O)(C(F)(F)F)C(F)(F)F)ccc2N1Cc1cccc2ccc(C(F)(F)F)nc12. The molecule has 0 spiro atoms. The lowest BCUT2D eigenvalue weighted by Crippen LogP contribution is -2.53. The monoisotopic (exact) mass is 508 g/mol. The highest BCUT2D eigenvalue weighted by molar-refractivity contribution is 5.82. The van der Waals surface area contributed by atoms with E-state index in [0.717, 1.165) is 12.1 Å². The van der Waals surface area contributed by atoms with Crippen LogP contribution in [0.5, 0.6) is 0 Å². The molecule has 1 aliphatic rings. The summed E-state index contributed by atoms with van der Waals surface area (Å²) >= 11 is 0. The number of aromatic nitrogens is 1. The molecular formula is C23H17F9N2O. The van der Waals surface area contributed by atoms with E-state index in [4.69, 9.17) is 0 Å². The van der Waals surface area contributed by atoms with Gasteiger partial charge in [0.2, 0.25) is 0 Å². The molecule has 1 atom stereocenters. The predicted octanol–water partition coefficient (Wildman–Crippen LogP) is 6.52. The first-order valence-electron chi connectivity index (χ1n) is 10.3. The molecule has 1 aliphatic heterocycles. The van der Waals surface area contributed by atoms with Gasteiger partial charge in [-0.1, -0.05) is 36.4 Å². The van der Waals surface area contributed by atoms with Crippen LogP contribution in [-0.4, -0.2) is 28.5 Å². The first-order valence-corrected chi connectivity index (χ1v) is 10.3. The zero-order chi connectivity index (χ0) is 26.0. The Morgan fingerprint density at radius 3 is 2.17 bits per heavy atom. The highest BCUT2D eigenvalue weighted by Crippen LogP contribution is 2.51. The number of benzene rings is 2. The molecule has 0 radical (unpaired) electrons. The Morgan fingerprint density at radius 1 is 0.914 bits per heavy atom. The predicted molar refractivity (Wildman–Crippen MR) is 109 cm³/mol. The number of aliphatic hydroxyl groups is 1. The maximum Gasteiger partial charge on any atom is 0.433 e. The van der Waals surface area contributed by atoms with Gasteiger partial charge >= 0.3 is 18.5 Å². The minimum Gasteiger partial charge on any atom is -0.369 e. The van der Waals surface area contributed by atoms with E-state index in [1.807, 2.05) is 0 Å². The first-order chi connectivity index (χ1) is 16.0. The van der Waals surface area contributed by atoms with Crippen molar-refractivity contribution in [3.05, 3.63) is 70.9 Å². The average Bonchev–Trinajstić information content (AvgIpc) is 3.05. The molecule has 0 aliphatic carbocycles. The zero-order valence-electron chi connectivity index (χ0n) is 17.9. The maximum absolute atomic E-state index is 13.3. The number of hydrogen-bond acceptors (Lipinski definition) is 3. The fourth-order valence-corrected chi connectivity index (χ4v) is 4.33. The molecule has 1 N–H and O–H groups in total. The van der Waals surface area contributed by atoms with Gasteiger partial charge < -0.3 is 10.0 Å². The van der Waals surface area contributed by atoms with Crippen LogP contribution in [0.2, 0.25) is 0 Å². The van der Waals surface area contributed by atoms with Crippen molar-refractivity contribution in [1.29, 1.82) is 0 Å². The standard InChI is InChI=1S/C23H17F9N2O/c1-12-9-15-10-16(20(35,22(27,28)29)23(30,31)32)6-7-17(15)34(12)11-14-4-2-3-13-5-8-18(21(24,25)26)33-19(13)14/h2-8,10,12,35H,9,11H2,1H3. The molecule has 0 amide bonds. The Morgan fingerprint density at radius 2 is 1.57 bits per heavy atom. The summed E-state index contributed by atoms with van der Waals surface area (Å²) in [4.78, 5) is 5.40. The summed E-state index contributed by atoms with van der Waals surface area (Å²) in [6.45, 7) is 1.70. The van der Waals surface area contributed by atoms with Gasteiger partial charge in [0.15, 0.2) is 0 Å². The molecule has 35 heavy (non-hydrogen) atoms. The first kappa shape index (κ1) is 25.1. The van der Waals surface area contributed by atoms with Gasteiger partial charge in [0, 0.05) is 29.2 Å². The molecule has 0 saturated heterocycles. The Labute approximate surface area is 192 Å². The molecule has 0 saturated carbocycles. The van der Waals surface area contributed by atoms with Gasteiger partial charge in [0.1, 0.15) is 5.69 Å². The minimum atomic E-state index is -6.01. The molecule has 1 unspecified atom stereocenters. The fraction of sp³-hybridized carbons (Fsp3) is 0.348. The summed E-state index contributed by atoms with van der Waals surface area (Å²) in [5.74, 6) is 0. The van der Waals surface area contributed by atoms with Gasteiger partial charge in [-0.3, -0.25) is 0 Å². The smallest absolute Gasteiger partial charge is 0.369 e. The second kappa shape index (κ2) is 8.00. The van der Waals surface area contributed by atoms with Gasteiger partial charge in [0.05, 0.1) is 5.52 Å². The van der Waals surface area contributed by atoms with E-state index in [-0.39, 0.29) is 24.0 Å². The molecule has 0 bridgehead atoms. The summed E-state index contributed by atoms with van der Waals surface area (Å²) in [7, 11) is 0. The van der Waals surface area contributed by atoms with Crippen LogP contribution in [0.25, 0.3) is 10.9 Å². The third kappa shape index (κ3) is 4.17. The molecule has 2 aromatic carbocycles. The Bertz CT molecular complexity index is 1250. The van der Waals surface area contributed by atoms with Crippen molar-refractivity contribution >= 4 is 16.6 Å². The van der Waals surface area contributed by atoms with E-state index in [0.29, 0.717) is 28.8 Å². The van der Waals surface area contributed by atoms with Gasteiger partial charge in [-0.05, 0) is 36.6 Å². The van der Waals surface area contributed by atoms with Gasteiger partial charge in [-0.15, -0.1) is 0 Å². The summed E-state index contributed by atoms with van der Waals surface area (Å²) in [5.41, 5.74) is -6.53. The quantitative estimate of drug-likeness (QED) is 0.410. The van der Waals surface area contributed by atoms with Crippen molar-refractivity contribution < 1.29 is 44.6 Å². The molecule has 12 heteroatoms. The van der Waals surface area contributed by atoms with Crippen LogP contribution in [0, 0.1) is 0 Å². The highest BCUT2D eigenvalue weighted by atomic mass is 19.4. The van der Waals surface area contributed by atoms with Gasteiger partial charge in [-0.25, -0.2) is 4.98 Å². The molecule has 3 aromatic rings. The Balaban J connectivity index is 1.74. The summed E-state index contributed by atoms with van der Waals surface area (Å²) < 4.78 is 119. The Kier molecular flexibility index (Phi) is 5.74. The van der Waals surface area contributed by atoms with Crippen LogP contribution in [0.15, 0.2) is 48.5 Å². The third-order valence-electron chi connectivity index (χ3n) is 6.11. The van der Waals surface area contributed by atoms with E-state index in [2.05, 4.69) is 4.98 Å². The van der Waals surface area contributed by atoms with E-state index in [1.165, 1.54) is 6.07 Å². The van der Waals surface area contributed by atoms with Crippen LogP contribution in [0.1, 0.15) is 29.3 Å². The number of para-hydroxylation sites is 1. The number of nitrogens with zero attached hydrogens (tertiary/aromatic N) is 2. The molecule has 1 aromatic heterocycles. The summed E-state index contributed by atoms with van der Waals surface area (Å²) in [5, 5.41) is 10.1. The van der Waals surface area contributed by atoms with E-state index >= 15 is 0 Å². The molecule has 3 nitrogen and oxygen atoms in total. The van der Waals surface area contributed by atoms with Crippen LogP contribution < -0.4 is 4.90 Å². The van der Waals surface area contributed by atoms with Crippen molar-refractivity contribution in [3.8, 4) is 0 Å². The van der Waals surface area contributed by atoms with Crippen LogP contribution in [0.4, 0.5) is 45.2 Å². The largest absolute Gasteiger partial charge is 0.433 e. The Hall–Kier alpha value is -3.02. The van der Waals surface area contributed by atoms with Crippen molar-refractivity contribution in [2.75, 3.05) is 4.90 Å². The average molecular weight is 508 g/mol. The molecule has 188 valence electrons. The molecular weight excluding hydrogens is 491 g/mol. The molecule has 4 rings (SSSR count). The van der Waals surface area contributed by atoms with Crippen molar-refractivity contribution in [3.63, 3.8) is 0 Å². The van der Waals surface area contributed by atoms with Crippen LogP contribution in [0.3, 0.4) is 0 Å². The molecule has 0 fully saturated rings. The van der Waals surface area contributed by atoms with Crippen molar-refractivity contribution in [1.82, 2.24) is 4.98 Å². The van der Waals surface area contributed by atoms with E-state index in [1.54, 1.807) is 30.0 Å². The fourth-order valence-electron chi connectivity index (χ4n) is 4.33. The van der Waals surface area contributed by atoms with Crippen LogP contribution >= 0.6 is 0 Å². The summed E-state index contributed by atoms with van der Waals surface area (Å²) in [6, 6.07) is 8.77. The number of anilines is 1. The van der Waals surface area contributed by atoms with Crippen molar-refractivity contribution in [2.24, 2.45) is 0 Å². The third-order valence-corrected chi connectivity index (χ3v) is 6.11. The number of hydrogen-bond donors (Lipinski definition) is 1. The van der Waals surface area contributed by atoms with E-state index < -0.39 is 41.4 Å². The highest BCUT2D eigenvalue weighted by Gasteiger charge is 2.71. The van der Waals surface area contributed by atoms with Crippen molar-refractivity contribution in [2.45, 2.75) is 50.1 Å². The number of fused-ring (bicyclic) bond motifs is 2. The van der Waals surface area contributed by atoms with Gasteiger partial charge in [0.25, 0.3) is 5.60 Å². The number of rotatable bonds is 3. The van der Waals surface area contributed by atoms with Gasteiger partial charge in [-0.2, -0.15) is 39.5 Å². The molecule has 2 heterocycles. The number of alkyl halides is 9. The minimum absolute atomic E-state index is 0.0158. The lowest BCUT2D eigenvalue weighted by Gasteiger charge is -2.33. The second-order valence-electron chi connectivity index (χ2n) is 8.41. The normalized spacial score (nSPS) is 17.2. The van der Waals surface area contributed by atoms with E-state index in [9.17, 15) is 44.6 Å². The van der Waals surface area contributed by atoms with Crippen LogP contribution in [-0.2, 0) is 24.7 Å². The topological polar surface area (TPSA) is 36.4 Å².